The van der Waals surface area contributed by atoms with E-state index < -0.39 is 0 Å². The van der Waals surface area contributed by atoms with Crippen molar-refractivity contribution >= 4 is 45.0 Å². The molecule has 0 radical (unpaired) electrons. The van der Waals surface area contributed by atoms with Gasteiger partial charge in [0.05, 0.1) is 23.1 Å². The summed E-state index contributed by atoms with van der Waals surface area (Å²) in [5.41, 5.74) is 4.25. The quantitative estimate of drug-likeness (QED) is 0.489. The van der Waals surface area contributed by atoms with Crippen LogP contribution in [0.5, 0.6) is 0 Å². The molecule has 2 aromatic carbocycles. The van der Waals surface area contributed by atoms with E-state index in [0.29, 0.717) is 16.5 Å². The predicted octanol–water partition coefficient (Wildman–Crippen LogP) is 4.26. The Labute approximate surface area is 177 Å². The molecule has 4 aromatic rings. The molecule has 0 aliphatic rings. The van der Waals surface area contributed by atoms with E-state index in [9.17, 15) is 9.59 Å². The van der Waals surface area contributed by atoms with Gasteiger partial charge < -0.3 is 10.6 Å². The Balaban J connectivity index is 1.38. The molecule has 0 aliphatic heterocycles. The average molecular weight is 420 g/mol. The maximum atomic E-state index is 12.4. The molecule has 2 aromatic heterocycles. The first-order chi connectivity index (χ1) is 14.5. The van der Waals surface area contributed by atoms with Crippen LogP contribution in [0.1, 0.15) is 19.5 Å². The normalized spacial score (nSPS) is 11.0. The van der Waals surface area contributed by atoms with Gasteiger partial charge in [-0.3, -0.25) is 14.2 Å². The van der Waals surface area contributed by atoms with E-state index in [0.717, 1.165) is 16.7 Å². The van der Waals surface area contributed by atoms with E-state index in [1.54, 1.807) is 11.7 Å². The SMILES string of the molecule is CC(C)C(=O)Nc1nc(CC(=O)Nc2ccc(-n3cnc4ccccc43)cc2)cs1. The fourth-order valence-electron chi connectivity index (χ4n) is 2.94. The topological polar surface area (TPSA) is 88.9 Å². The third kappa shape index (κ3) is 4.38. The Morgan fingerprint density at radius 1 is 1.07 bits per heavy atom. The van der Waals surface area contributed by atoms with Gasteiger partial charge in [-0.1, -0.05) is 26.0 Å². The molecule has 0 unspecified atom stereocenters. The van der Waals surface area contributed by atoms with Crippen LogP contribution in [0.3, 0.4) is 0 Å². The number of amides is 2. The molecule has 0 saturated carbocycles. The Bertz CT molecular complexity index is 1190. The van der Waals surface area contributed by atoms with E-state index in [-0.39, 0.29) is 24.2 Å². The van der Waals surface area contributed by atoms with Crippen LogP contribution in [-0.2, 0) is 16.0 Å². The minimum Gasteiger partial charge on any atom is -0.326 e. The molecule has 152 valence electrons. The second kappa shape index (κ2) is 8.46. The van der Waals surface area contributed by atoms with Crippen molar-refractivity contribution in [2.45, 2.75) is 20.3 Å². The molecule has 7 nitrogen and oxygen atoms in total. The Morgan fingerprint density at radius 2 is 1.83 bits per heavy atom. The number of hydrogen-bond donors (Lipinski definition) is 2. The molecule has 0 saturated heterocycles. The van der Waals surface area contributed by atoms with Crippen LogP contribution in [-0.4, -0.2) is 26.3 Å². The molecule has 0 bridgehead atoms. The number of aromatic nitrogens is 3. The molecule has 2 heterocycles. The van der Waals surface area contributed by atoms with Crippen molar-refractivity contribution in [3.8, 4) is 5.69 Å². The number of fused-ring (bicyclic) bond motifs is 1. The lowest BCUT2D eigenvalue weighted by Crippen LogP contribution is -2.18. The zero-order valence-corrected chi connectivity index (χ0v) is 17.4. The lowest BCUT2D eigenvalue weighted by atomic mass is 10.2. The van der Waals surface area contributed by atoms with Gasteiger partial charge in [-0.25, -0.2) is 9.97 Å². The summed E-state index contributed by atoms with van der Waals surface area (Å²) in [5, 5.41) is 7.92. The average Bonchev–Trinajstić information content (AvgIpc) is 3.35. The Morgan fingerprint density at radius 3 is 2.60 bits per heavy atom. The molecule has 2 N–H and O–H groups in total. The highest BCUT2D eigenvalue weighted by Gasteiger charge is 2.12. The minimum atomic E-state index is -0.164. The Kier molecular flexibility index (Phi) is 5.58. The highest BCUT2D eigenvalue weighted by atomic mass is 32.1. The van der Waals surface area contributed by atoms with Crippen molar-refractivity contribution in [2.24, 2.45) is 5.92 Å². The summed E-state index contributed by atoms with van der Waals surface area (Å²) >= 11 is 1.31. The number of carbonyl (C=O) groups excluding carboxylic acids is 2. The molecule has 0 fully saturated rings. The van der Waals surface area contributed by atoms with Crippen molar-refractivity contribution in [2.75, 3.05) is 10.6 Å². The van der Waals surface area contributed by atoms with E-state index in [1.165, 1.54) is 11.3 Å². The number of imidazole rings is 1. The third-order valence-corrected chi connectivity index (χ3v) is 5.34. The lowest BCUT2D eigenvalue weighted by molar-refractivity contribution is -0.119. The van der Waals surface area contributed by atoms with Gasteiger partial charge in [0.15, 0.2) is 5.13 Å². The maximum absolute atomic E-state index is 12.4. The van der Waals surface area contributed by atoms with E-state index in [2.05, 4.69) is 20.6 Å². The first kappa shape index (κ1) is 19.8. The summed E-state index contributed by atoms with van der Waals surface area (Å²) in [6, 6.07) is 15.5. The summed E-state index contributed by atoms with van der Waals surface area (Å²) < 4.78 is 2.00. The number of carbonyl (C=O) groups is 2. The van der Waals surface area contributed by atoms with Crippen molar-refractivity contribution in [3.05, 3.63) is 65.9 Å². The maximum Gasteiger partial charge on any atom is 0.230 e. The van der Waals surface area contributed by atoms with Crippen LogP contribution < -0.4 is 10.6 Å². The van der Waals surface area contributed by atoms with Gasteiger partial charge in [-0.05, 0) is 36.4 Å². The van der Waals surface area contributed by atoms with Crippen LogP contribution in [0.2, 0.25) is 0 Å². The molecule has 0 spiro atoms. The number of nitrogens with one attached hydrogen (secondary N) is 2. The van der Waals surface area contributed by atoms with Crippen molar-refractivity contribution in [1.29, 1.82) is 0 Å². The zero-order chi connectivity index (χ0) is 21.1. The third-order valence-electron chi connectivity index (χ3n) is 4.53. The van der Waals surface area contributed by atoms with E-state index >= 15 is 0 Å². The lowest BCUT2D eigenvalue weighted by Gasteiger charge is -2.07. The number of hydrogen-bond acceptors (Lipinski definition) is 5. The molecular weight excluding hydrogens is 398 g/mol. The number of anilines is 2. The highest BCUT2D eigenvalue weighted by Crippen LogP contribution is 2.20. The minimum absolute atomic E-state index is 0.0916. The van der Waals surface area contributed by atoms with Gasteiger partial charge in [0.2, 0.25) is 11.8 Å². The standard InChI is InChI=1S/C22H21N5O2S/c1-14(2)21(29)26-22-25-16(12-30-22)11-20(28)24-15-7-9-17(10-8-15)27-13-23-18-5-3-4-6-19(18)27/h3-10,12-14H,11H2,1-2H3,(H,24,28)(H,25,26,29). The molecule has 2 amide bonds. The second-order valence-corrected chi connectivity index (χ2v) is 8.02. The van der Waals surface area contributed by atoms with Gasteiger partial charge in [-0.15, -0.1) is 11.3 Å². The number of benzene rings is 2. The molecule has 30 heavy (non-hydrogen) atoms. The van der Waals surface area contributed by atoms with Crippen molar-refractivity contribution in [1.82, 2.24) is 14.5 Å². The van der Waals surface area contributed by atoms with Crippen molar-refractivity contribution < 1.29 is 9.59 Å². The van der Waals surface area contributed by atoms with Crippen LogP contribution in [0.15, 0.2) is 60.2 Å². The summed E-state index contributed by atoms with van der Waals surface area (Å²) in [5.74, 6) is -0.377. The molecule has 0 aliphatic carbocycles. The first-order valence-electron chi connectivity index (χ1n) is 9.57. The van der Waals surface area contributed by atoms with Gasteiger partial charge in [0.1, 0.15) is 6.33 Å². The smallest absolute Gasteiger partial charge is 0.230 e. The van der Waals surface area contributed by atoms with E-state index in [1.807, 2.05) is 66.9 Å². The van der Waals surface area contributed by atoms with Gasteiger partial charge in [0.25, 0.3) is 0 Å². The molecule has 8 heteroatoms. The summed E-state index contributed by atoms with van der Waals surface area (Å²) in [6.07, 6.45) is 1.93. The zero-order valence-electron chi connectivity index (χ0n) is 16.6. The van der Waals surface area contributed by atoms with Gasteiger partial charge in [0, 0.05) is 22.7 Å². The molecule has 0 atom stereocenters. The number of para-hydroxylation sites is 2. The van der Waals surface area contributed by atoms with Crippen molar-refractivity contribution in [3.63, 3.8) is 0 Å². The predicted molar refractivity (Wildman–Crippen MR) is 119 cm³/mol. The fraction of sp³-hybridized carbons (Fsp3) is 0.182. The summed E-state index contributed by atoms with van der Waals surface area (Å²) in [6.45, 7) is 3.63. The monoisotopic (exact) mass is 419 g/mol. The van der Waals surface area contributed by atoms with Gasteiger partial charge >= 0.3 is 0 Å². The van der Waals surface area contributed by atoms with E-state index in [4.69, 9.17) is 0 Å². The number of thiazole rings is 1. The van der Waals surface area contributed by atoms with Crippen LogP contribution >= 0.6 is 11.3 Å². The number of nitrogens with zero attached hydrogens (tertiary/aromatic N) is 3. The largest absolute Gasteiger partial charge is 0.326 e. The molecular formula is C22H21N5O2S. The van der Waals surface area contributed by atoms with Crippen LogP contribution in [0, 0.1) is 5.92 Å². The highest BCUT2D eigenvalue weighted by molar-refractivity contribution is 7.13. The van der Waals surface area contributed by atoms with Crippen LogP contribution in [0.25, 0.3) is 16.7 Å². The first-order valence-corrected chi connectivity index (χ1v) is 10.5. The summed E-state index contributed by atoms with van der Waals surface area (Å²) in [7, 11) is 0. The fourth-order valence-corrected chi connectivity index (χ4v) is 3.65. The van der Waals surface area contributed by atoms with Crippen LogP contribution in [0.4, 0.5) is 10.8 Å². The second-order valence-electron chi connectivity index (χ2n) is 7.16. The summed E-state index contributed by atoms with van der Waals surface area (Å²) in [4.78, 5) is 32.8. The molecule has 4 rings (SSSR count). The number of rotatable bonds is 6. The Hall–Kier alpha value is -3.52. The van der Waals surface area contributed by atoms with Gasteiger partial charge in [-0.2, -0.15) is 0 Å².